The van der Waals surface area contributed by atoms with E-state index < -0.39 is 32.9 Å². The van der Waals surface area contributed by atoms with E-state index in [2.05, 4.69) is 102 Å². The van der Waals surface area contributed by atoms with Crippen molar-refractivity contribution in [3.05, 3.63) is 9.30 Å². The van der Waals surface area contributed by atoms with Gasteiger partial charge in [0.15, 0.2) is 0 Å². The van der Waals surface area contributed by atoms with Gasteiger partial charge in [0.2, 0.25) is 0 Å². The summed E-state index contributed by atoms with van der Waals surface area (Å²) in [6.45, 7) is 29.8. The van der Waals surface area contributed by atoms with Crippen molar-refractivity contribution in [2.24, 2.45) is 0 Å². The third-order valence-corrected chi connectivity index (χ3v) is 14.0. The molecular weight excluding hydrogens is 408 g/mol. The summed E-state index contributed by atoms with van der Waals surface area (Å²) in [7, 11) is -4.42. The van der Waals surface area contributed by atoms with Crippen LogP contribution in [0.1, 0.15) is 45.4 Å². The van der Waals surface area contributed by atoms with Gasteiger partial charge in [-0.05, 0) is 0 Å². The Kier molecular flexibility index (Phi) is 19.6. The second kappa shape index (κ2) is 16.1. The SMILES string of the molecule is CCCCCCC[CH2][Al+2].C[Si](C)(C)[N-][Si](C)(C)C.C[Si](C)(C)[N-][Si](C)(C)C. The van der Waals surface area contributed by atoms with E-state index in [1.165, 1.54) is 43.8 Å². The summed E-state index contributed by atoms with van der Waals surface area (Å²) < 4.78 is 9.64. The quantitative estimate of drug-likeness (QED) is 0.230. The van der Waals surface area contributed by atoms with Crippen LogP contribution in [0.5, 0.6) is 0 Å². The van der Waals surface area contributed by atoms with Gasteiger partial charge in [0.05, 0.1) is 0 Å². The second-order valence-corrected chi connectivity index (χ2v) is 31.2. The molecule has 0 unspecified atom stereocenters. The molecule has 162 valence electrons. The van der Waals surface area contributed by atoms with Gasteiger partial charge in [-0.2, -0.15) is 0 Å². The molecule has 0 aliphatic carbocycles. The fraction of sp³-hybridized carbons (Fsp3) is 1.00. The smallest absolute Gasteiger partial charge is 0.0691 e. The molecule has 0 saturated carbocycles. The fourth-order valence-electron chi connectivity index (χ4n) is 2.94. The summed E-state index contributed by atoms with van der Waals surface area (Å²) in [5.74, 6) is 0. The summed E-state index contributed by atoms with van der Waals surface area (Å²) in [6.07, 6.45) is 8.51. The number of hydrogen-bond donors (Lipinski definition) is 0. The molecule has 0 heterocycles. The average molecular weight is 461 g/mol. The van der Waals surface area contributed by atoms with Gasteiger partial charge in [-0.25, -0.2) is 0 Å². The molecule has 0 atom stereocenters. The maximum atomic E-state index is 4.82. The molecule has 0 N–H and O–H groups in total. The van der Waals surface area contributed by atoms with E-state index in [1.54, 1.807) is 0 Å². The molecule has 27 heavy (non-hydrogen) atoms. The summed E-state index contributed by atoms with van der Waals surface area (Å²) in [5.41, 5.74) is 0. The monoisotopic (exact) mass is 460 g/mol. The predicted molar refractivity (Wildman–Crippen MR) is 144 cm³/mol. The van der Waals surface area contributed by atoms with Crippen LogP contribution in [0, 0.1) is 0 Å². The minimum Gasteiger partial charge on any atom is -0.668 e. The Labute approximate surface area is 187 Å². The number of unbranched alkanes of at least 4 members (excludes halogenated alkanes) is 5. The Balaban J connectivity index is -0.000000320. The molecule has 0 amide bonds. The van der Waals surface area contributed by atoms with Crippen LogP contribution in [-0.4, -0.2) is 49.2 Å². The van der Waals surface area contributed by atoms with Crippen molar-refractivity contribution in [3.8, 4) is 0 Å². The molecule has 0 spiro atoms. The molecule has 0 aromatic heterocycles. The summed E-state index contributed by atoms with van der Waals surface area (Å²) in [4.78, 5) is 0. The third kappa shape index (κ3) is 46.9. The third-order valence-electron chi connectivity index (χ3n) is 2.90. The van der Waals surface area contributed by atoms with Crippen molar-refractivity contribution < 1.29 is 0 Å². The van der Waals surface area contributed by atoms with Crippen molar-refractivity contribution in [2.45, 2.75) is 129 Å². The minimum absolute atomic E-state index is 1.11. The first-order valence-corrected chi connectivity index (χ1v) is 25.6. The van der Waals surface area contributed by atoms with Gasteiger partial charge < -0.3 is 9.30 Å². The molecule has 7 heteroatoms. The Morgan fingerprint density at radius 2 is 0.741 bits per heavy atom. The van der Waals surface area contributed by atoms with Crippen LogP contribution in [0.2, 0.25) is 83.8 Å². The summed E-state index contributed by atoms with van der Waals surface area (Å²) in [6, 6.07) is 0. The topological polar surface area (TPSA) is 28.2 Å². The maximum absolute atomic E-state index is 4.82. The van der Waals surface area contributed by atoms with Crippen LogP contribution in [0.4, 0.5) is 0 Å². The Morgan fingerprint density at radius 3 is 0.926 bits per heavy atom. The zero-order valence-electron chi connectivity index (χ0n) is 21.4. The minimum atomic E-state index is -1.11. The Bertz CT molecular complexity index is 271. The van der Waals surface area contributed by atoms with Crippen LogP contribution in [-0.2, 0) is 0 Å². The molecule has 0 aromatic carbocycles. The van der Waals surface area contributed by atoms with Gasteiger partial charge in [0, 0.05) is 0 Å². The van der Waals surface area contributed by atoms with E-state index in [0.29, 0.717) is 0 Å². The largest absolute Gasteiger partial charge is 0.668 e. The summed E-state index contributed by atoms with van der Waals surface area (Å²) >= 11 is 2.78. The van der Waals surface area contributed by atoms with Crippen molar-refractivity contribution in [2.75, 3.05) is 0 Å². The van der Waals surface area contributed by atoms with Crippen LogP contribution in [0.3, 0.4) is 0 Å². The van der Waals surface area contributed by atoms with Crippen molar-refractivity contribution in [1.82, 2.24) is 0 Å². The van der Waals surface area contributed by atoms with Crippen LogP contribution < -0.4 is 0 Å². The molecule has 2 nitrogen and oxygen atoms in total. The van der Waals surface area contributed by atoms with Gasteiger partial charge in [-0.15, -0.1) is 0 Å². The van der Waals surface area contributed by atoms with E-state index in [1.807, 2.05) is 0 Å². The first-order valence-electron chi connectivity index (χ1n) is 11.0. The van der Waals surface area contributed by atoms with Crippen molar-refractivity contribution >= 4 is 49.2 Å². The second-order valence-electron chi connectivity index (χ2n) is 11.5. The van der Waals surface area contributed by atoms with Crippen LogP contribution in [0.15, 0.2) is 0 Å². The molecule has 0 saturated heterocycles. The van der Waals surface area contributed by atoms with Gasteiger partial charge >= 0.3 is 67.0 Å². The van der Waals surface area contributed by atoms with E-state index in [9.17, 15) is 0 Å². The Morgan fingerprint density at radius 1 is 0.481 bits per heavy atom. The van der Waals surface area contributed by atoms with E-state index in [4.69, 9.17) is 9.30 Å². The van der Waals surface area contributed by atoms with E-state index >= 15 is 0 Å². The van der Waals surface area contributed by atoms with Crippen molar-refractivity contribution in [1.29, 1.82) is 0 Å². The molecular formula is C20H53AlN2Si4. The predicted octanol–water partition coefficient (Wildman–Crippen LogP) is 8.99. The van der Waals surface area contributed by atoms with Crippen LogP contribution in [0.25, 0.3) is 9.30 Å². The molecule has 0 radical (unpaired) electrons. The summed E-state index contributed by atoms with van der Waals surface area (Å²) in [5, 5.41) is 1.28. The van der Waals surface area contributed by atoms with E-state index in [-0.39, 0.29) is 0 Å². The molecule has 0 rings (SSSR count). The normalized spacial score (nSPS) is 12.7. The zero-order chi connectivity index (χ0) is 22.4. The van der Waals surface area contributed by atoms with Gasteiger partial charge in [-0.1, -0.05) is 112 Å². The molecule has 0 aliphatic rings. The standard InChI is InChI=1S/C8H17.2C6H18NSi2.Al/c1-3-5-7-8-6-4-2;2*1-8(2,3)7-9(4,5)6;/h1,3-8H2,2H3;2*1-6H3;/q;2*-1;+2. The maximum Gasteiger partial charge on any atom is -0.0691 e. The molecule has 0 fully saturated rings. The van der Waals surface area contributed by atoms with Gasteiger partial charge in [0.1, 0.15) is 0 Å². The first-order chi connectivity index (χ1) is 11.8. The molecule has 0 aromatic rings. The first kappa shape index (κ1) is 33.0. The van der Waals surface area contributed by atoms with E-state index in [0.717, 1.165) is 0 Å². The van der Waals surface area contributed by atoms with Crippen LogP contribution >= 0.6 is 0 Å². The van der Waals surface area contributed by atoms with Gasteiger partial charge in [0.25, 0.3) is 0 Å². The number of rotatable bonds is 10. The Hall–Kier alpha value is 1.32. The molecule has 0 bridgehead atoms. The average Bonchev–Trinajstić information content (AvgIpc) is 2.31. The fourth-order valence-corrected chi connectivity index (χ4v) is 19.3. The van der Waals surface area contributed by atoms with Gasteiger partial charge in [-0.3, -0.25) is 0 Å². The van der Waals surface area contributed by atoms with Crippen molar-refractivity contribution in [3.63, 3.8) is 0 Å². The number of nitrogens with zero attached hydrogens (tertiary/aromatic N) is 2. The number of hydrogen-bond acceptors (Lipinski definition) is 0. The molecule has 0 aliphatic heterocycles. The zero-order valence-corrected chi connectivity index (χ0v) is 26.6.